The van der Waals surface area contributed by atoms with Gasteiger partial charge in [-0.1, -0.05) is 61.4 Å². The molecular weight excluding hydrogens is 1240 g/mol. The zero-order chi connectivity index (χ0) is 69.3. The number of amides is 9. The number of carbonyl (C=O) groups is 10. The van der Waals surface area contributed by atoms with Crippen LogP contribution in [0.1, 0.15) is 112 Å². The van der Waals surface area contributed by atoms with E-state index in [1.54, 1.807) is 0 Å². The minimum absolute atomic E-state index is 0.00231. The summed E-state index contributed by atoms with van der Waals surface area (Å²) in [6, 6.07) is 3.25. The number of β-amino-alcohol motifs (C(OH)–C–C–N with tert-alkyl or cyclic N) is 1. The molecule has 2 aromatic carbocycles. The molecule has 9 amide bonds. The number of nitrogens with one attached hydrogen (secondary N) is 6. The van der Waals surface area contributed by atoms with E-state index in [9.17, 15) is 58.5 Å². The molecule has 1 saturated carbocycles. The van der Waals surface area contributed by atoms with Gasteiger partial charge in [-0.15, -0.1) is 0 Å². The number of aliphatic hydroxyl groups is 2. The van der Waals surface area contributed by atoms with Gasteiger partial charge in [0.05, 0.1) is 25.3 Å². The highest BCUT2D eigenvalue weighted by atomic mass is 16.4. The van der Waals surface area contributed by atoms with Crippen LogP contribution in [0, 0.1) is 17.8 Å². The number of nitrogens with zero attached hydrogens (tertiary/aromatic N) is 6. The molecule has 3 aliphatic heterocycles. The van der Waals surface area contributed by atoms with Crippen molar-refractivity contribution in [2.24, 2.45) is 72.9 Å². The quantitative estimate of drug-likeness (QED) is 0.0191. The fourth-order valence-electron chi connectivity index (χ4n) is 14.5. The van der Waals surface area contributed by atoms with Crippen molar-refractivity contribution in [2.75, 3.05) is 45.9 Å². The summed E-state index contributed by atoms with van der Waals surface area (Å²) < 4.78 is 0. The number of likely N-dealkylation sites (tertiary alicyclic amines) is 3. The molecule has 32 heteroatoms. The summed E-state index contributed by atoms with van der Waals surface area (Å²) in [5, 5.41) is 48.3. The van der Waals surface area contributed by atoms with Crippen molar-refractivity contribution in [3.63, 3.8) is 0 Å². The Labute approximate surface area is 556 Å². The number of carboxylic acids is 1. The molecule has 524 valence electrons. The molecular formula is C64H95N19O13. The Morgan fingerprint density at radius 1 is 0.552 bits per heavy atom. The molecule has 4 fully saturated rings. The van der Waals surface area contributed by atoms with Crippen LogP contribution < -0.4 is 72.0 Å². The van der Waals surface area contributed by atoms with Gasteiger partial charge >= 0.3 is 5.97 Å². The third-order valence-electron chi connectivity index (χ3n) is 19.3. The minimum Gasteiger partial charge on any atom is -0.480 e. The van der Waals surface area contributed by atoms with Crippen molar-refractivity contribution >= 4 is 77.0 Å². The molecule has 0 bridgehead atoms. The number of carbonyl (C=O) groups excluding carboxylic acids is 9. The van der Waals surface area contributed by atoms with Crippen LogP contribution in [0.4, 0.5) is 0 Å². The second-order valence-corrected chi connectivity index (χ2v) is 26.0. The van der Waals surface area contributed by atoms with Gasteiger partial charge in [-0.05, 0) is 136 Å². The maximum absolute atomic E-state index is 15.5. The molecule has 0 aromatic heterocycles. The third-order valence-corrected chi connectivity index (χ3v) is 19.3. The van der Waals surface area contributed by atoms with E-state index in [0.717, 1.165) is 46.4 Å². The number of rotatable bonds is 31. The summed E-state index contributed by atoms with van der Waals surface area (Å²) in [6.07, 6.45) is 4.82. The third kappa shape index (κ3) is 18.9. The number of hydrogen-bond donors (Lipinski definition) is 16. The van der Waals surface area contributed by atoms with E-state index in [1.165, 1.54) is 9.80 Å². The van der Waals surface area contributed by atoms with Gasteiger partial charge in [-0.2, -0.15) is 0 Å². The molecule has 3 heterocycles. The Kier molecular flexibility index (Phi) is 25.7. The van der Waals surface area contributed by atoms with Gasteiger partial charge in [0.25, 0.3) is 0 Å². The van der Waals surface area contributed by atoms with Crippen LogP contribution in [-0.4, -0.2) is 219 Å². The predicted octanol–water partition coefficient (Wildman–Crippen LogP) is -4.97. The first-order valence-electron chi connectivity index (χ1n) is 33.2. The van der Waals surface area contributed by atoms with Crippen LogP contribution in [0.15, 0.2) is 63.5 Å². The highest BCUT2D eigenvalue weighted by Gasteiger charge is 2.52. The van der Waals surface area contributed by atoms with Crippen LogP contribution in [0.5, 0.6) is 0 Å². The maximum Gasteiger partial charge on any atom is 0.326 e. The van der Waals surface area contributed by atoms with E-state index in [0.29, 0.717) is 44.9 Å². The molecule has 3 saturated heterocycles. The SMILES string of the molecule is NC(N)=NCCC[C@H](NC(=O)[C@@H]1C[C@@H]2CCCC[C@@H]2N1C(=O)[C@H](NC(=O)[C@H](CO)NC(=O)[C@@H](NC(=O)CNC(=O)[C@@H]1C[C@@H](O)CN1C(=O)[C@@H]1CCCN1C(=O)[C@H](CCCN=C(N)N)NC(=O)[C@@H](N)CCCN=C(N)N)C1Cc2ccccc2C1)C1Cc2ccccc2C1)C(=O)O. The second kappa shape index (κ2) is 34.0. The molecule has 0 spiro atoms. The number of nitrogens with two attached hydrogens (primary N) is 7. The first-order valence-corrected chi connectivity index (χ1v) is 33.2. The monoisotopic (exact) mass is 1340 g/mol. The van der Waals surface area contributed by atoms with E-state index in [2.05, 4.69) is 46.9 Å². The summed E-state index contributed by atoms with van der Waals surface area (Å²) >= 11 is 0. The largest absolute Gasteiger partial charge is 0.480 e. The van der Waals surface area contributed by atoms with Crippen molar-refractivity contribution in [3.05, 3.63) is 70.8 Å². The number of fused-ring (bicyclic) bond motifs is 3. The molecule has 6 aliphatic rings. The summed E-state index contributed by atoms with van der Waals surface area (Å²) in [4.78, 5) is 158. The lowest BCUT2D eigenvalue weighted by Gasteiger charge is -2.38. The number of guanidine groups is 3. The van der Waals surface area contributed by atoms with Gasteiger partial charge in [0.1, 0.15) is 48.3 Å². The molecule has 0 unspecified atom stereocenters. The number of benzene rings is 2. The Morgan fingerprint density at radius 3 is 1.66 bits per heavy atom. The summed E-state index contributed by atoms with van der Waals surface area (Å²) in [5.74, 6) is -9.52. The predicted molar refractivity (Wildman–Crippen MR) is 352 cm³/mol. The fraction of sp³-hybridized carbons (Fsp3) is 0.609. The van der Waals surface area contributed by atoms with Gasteiger partial charge in [0.15, 0.2) is 17.9 Å². The van der Waals surface area contributed by atoms with Gasteiger partial charge in [0, 0.05) is 45.2 Å². The number of hydrogen-bond acceptors (Lipinski definition) is 16. The number of aliphatic imine (C=N–C) groups is 3. The topological polar surface area (TPSA) is 533 Å². The van der Waals surface area contributed by atoms with Gasteiger partial charge in [-0.3, -0.25) is 58.1 Å². The first-order chi connectivity index (χ1) is 45.9. The second-order valence-electron chi connectivity index (χ2n) is 26.0. The van der Waals surface area contributed by atoms with Crippen molar-refractivity contribution in [2.45, 2.75) is 182 Å². The first kappa shape index (κ1) is 72.7. The average molecular weight is 1340 g/mol. The fourth-order valence-corrected chi connectivity index (χ4v) is 14.5. The molecule has 96 heavy (non-hydrogen) atoms. The number of aliphatic carboxylic acids is 1. The number of carboxylic acid groups (broad SMARTS) is 1. The summed E-state index contributed by atoms with van der Waals surface area (Å²) in [7, 11) is 0. The van der Waals surface area contributed by atoms with E-state index in [1.807, 2.05) is 48.5 Å². The van der Waals surface area contributed by atoms with Crippen LogP contribution in [0.3, 0.4) is 0 Å². The van der Waals surface area contributed by atoms with Crippen LogP contribution in [0.25, 0.3) is 0 Å². The summed E-state index contributed by atoms with van der Waals surface area (Å²) in [6.45, 7) is -1.34. The Bertz CT molecular complexity index is 3200. The van der Waals surface area contributed by atoms with Crippen molar-refractivity contribution in [3.8, 4) is 0 Å². The highest BCUT2D eigenvalue weighted by molar-refractivity contribution is 5.99. The molecule has 3 aliphatic carbocycles. The summed E-state index contributed by atoms with van der Waals surface area (Å²) in [5.41, 5.74) is 42.7. The molecule has 32 nitrogen and oxygen atoms in total. The molecule has 23 N–H and O–H groups in total. The van der Waals surface area contributed by atoms with Crippen molar-refractivity contribution in [1.82, 2.24) is 46.6 Å². The Balaban J connectivity index is 0.950. The minimum atomic E-state index is -1.68. The van der Waals surface area contributed by atoms with Crippen molar-refractivity contribution in [1.29, 1.82) is 0 Å². The van der Waals surface area contributed by atoms with E-state index >= 15 is 4.79 Å². The van der Waals surface area contributed by atoms with Crippen molar-refractivity contribution < 1.29 is 63.3 Å². The highest BCUT2D eigenvalue weighted by Crippen LogP contribution is 2.42. The van der Waals surface area contributed by atoms with E-state index in [4.69, 9.17) is 40.1 Å². The van der Waals surface area contributed by atoms with Gasteiger partial charge in [-0.25, -0.2) is 4.79 Å². The lowest BCUT2D eigenvalue weighted by molar-refractivity contribution is -0.148. The average Bonchev–Trinajstić information content (AvgIpc) is 1.62. The number of aliphatic hydroxyl groups excluding tert-OH is 2. The standard InChI is InChI=1S/C64H95N19O13/c65-42(16-7-21-72-62(66)67)53(87)76-43(17-8-22-73-63(68)69)58(92)81-24-10-20-47(81)59(93)82-32-41(85)30-48(82)55(89)75-31-50(86)79-51(39-25-34-11-1-2-12-35(34)26-39)57(91)78-45(33-84)54(88)80-52(40-27-36-13-3-4-14-37(36)28-40)60(94)83-46-19-6-5-15-38(46)29-49(83)56(90)77-44(61(95)96)18-9-23-74-64(70)71/h1-4,11-14,38-49,51-52,84-85H,5-10,15-33,65H2,(H,75,89)(H,76,87)(H,77,90)(H,78,91)(H,79,86)(H,80,88)(H,95,96)(H4,66,67,72)(H4,68,69,73)(H4,70,71,74)/t38-,41+,42-,43-,44-,45-,46-,47-,48-,49-,51-,52+/m0/s1. The molecule has 8 rings (SSSR count). The Hall–Kier alpha value is -9.17. The van der Waals surface area contributed by atoms with Crippen LogP contribution in [0.2, 0.25) is 0 Å². The van der Waals surface area contributed by atoms with Crippen LogP contribution in [-0.2, 0) is 73.6 Å². The lowest BCUT2D eigenvalue weighted by Crippen LogP contribution is -2.62. The zero-order valence-corrected chi connectivity index (χ0v) is 54.0. The van der Waals surface area contributed by atoms with Crippen LogP contribution >= 0.6 is 0 Å². The maximum atomic E-state index is 15.5. The van der Waals surface area contributed by atoms with E-state index < -0.39 is 151 Å². The van der Waals surface area contributed by atoms with E-state index in [-0.39, 0.29) is 108 Å². The lowest BCUT2D eigenvalue weighted by atomic mass is 9.84. The Morgan fingerprint density at radius 2 is 1.09 bits per heavy atom. The molecule has 2 aromatic rings. The molecule has 0 radical (unpaired) electrons. The molecule has 12 atom stereocenters. The normalized spacial score (nSPS) is 22.3. The van der Waals surface area contributed by atoms with Gasteiger partial charge < -0.3 is 102 Å². The van der Waals surface area contributed by atoms with Gasteiger partial charge in [0.2, 0.25) is 53.2 Å². The zero-order valence-electron chi connectivity index (χ0n) is 54.0. The smallest absolute Gasteiger partial charge is 0.326 e.